The summed E-state index contributed by atoms with van der Waals surface area (Å²) >= 11 is 5.89. The molecule has 0 atom stereocenters. The summed E-state index contributed by atoms with van der Waals surface area (Å²) in [5.41, 5.74) is 2.54. The van der Waals surface area contributed by atoms with E-state index in [0.29, 0.717) is 31.1 Å². The van der Waals surface area contributed by atoms with Crippen LogP contribution in [0.1, 0.15) is 16.8 Å². The van der Waals surface area contributed by atoms with Gasteiger partial charge in [-0.25, -0.2) is 9.78 Å². The molecule has 0 spiro atoms. The van der Waals surface area contributed by atoms with Crippen LogP contribution >= 0.6 is 11.6 Å². The first-order chi connectivity index (χ1) is 11.2. The van der Waals surface area contributed by atoms with Crippen molar-refractivity contribution in [3.63, 3.8) is 0 Å². The number of nitrogens with zero attached hydrogens (tertiary/aromatic N) is 3. The molecule has 0 N–H and O–H groups in total. The Bertz CT molecular complexity index is 709. The van der Waals surface area contributed by atoms with Crippen molar-refractivity contribution < 1.29 is 14.3 Å². The van der Waals surface area contributed by atoms with Gasteiger partial charge in [0.15, 0.2) is 0 Å². The number of benzene rings is 1. The Hall–Kier alpha value is -2.34. The van der Waals surface area contributed by atoms with Gasteiger partial charge in [-0.15, -0.1) is 0 Å². The first-order valence-electron chi connectivity index (χ1n) is 7.22. The number of amides is 1. The van der Waals surface area contributed by atoms with Gasteiger partial charge in [0.2, 0.25) is 11.2 Å². The van der Waals surface area contributed by atoms with E-state index in [9.17, 15) is 4.79 Å². The van der Waals surface area contributed by atoms with Gasteiger partial charge in [0.25, 0.3) is 0 Å². The Morgan fingerprint density at radius 2 is 2.09 bits per heavy atom. The van der Waals surface area contributed by atoms with Gasteiger partial charge in [0.05, 0.1) is 19.3 Å². The third kappa shape index (κ3) is 3.53. The summed E-state index contributed by atoms with van der Waals surface area (Å²) in [7, 11) is 1.54. The SMILES string of the molecule is COc1nc(Cl)nc2c1CCN(C(=O)OCc1ccccc1)C2. The van der Waals surface area contributed by atoms with Gasteiger partial charge in [-0.05, 0) is 23.6 Å². The predicted octanol–water partition coefficient (Wildman–Crippen LogP) is 2.83. The highest BCUT2D eigenvalue weighted by Gasteiger charge is 2.26. The van der Waals surface area contributed by atoms with E-state index in [1.54, 1.807) is 12.0 Å². The van der Waals surface area contributed by atoms with Crippen LogP contribution in [0.4, 0.5) is 4.79 Å². The van der Waals surface area contributed by atoms with Gasteiger partial charge in [-0.1, -0.05) is 30.3 Å². The van der Waals surface area contributed by atoms with Crippen LogP contribution < -0.4 is 4.74 Å². The van der Waals surface area contributed by atoms with Crippen LogP contribution in [0.5, 0.6) is 5.88 Å². The lowest BCUT2D eigenvalue weighted by molar-refractivity contribution is 0.0909. The number of rotatable bonds is 3. The molecule has 0 bridgehead atoms. The van der Waals surface area contributed by atoms with Crippen LogP contribution in [0, 0.1) is 0 Å². The van der Waals surface area contributed by atoms with E-state index >= 15 is 0 Å². The average Bonchev–Trinajstić information content (AvgIpc) is 2.59. The molecule has 1 amide bonds. The minimum Gasteiger partial charge on any atom is -0.481 e. The molecular formula is C16H16ClN3O3. The van der Waals surface area contributed by atoms with Crippen LogP contribution in [0.25, 0.3) is 0 Å². The number of halogens is 1. The van der Waals surface area contributed by atoms with Crippen molar-refractivity contribution in [2.75, 3.05) is 13.7 Å². The van der Waals surface area contributed by atoms with Gasteiger partial charge in [0.1, 0.15) is 6.61 Å². The Morgan fingerprint density at radius 3 is 2.83 bits per heavy atom. The Morgan fingerprint density at radius 1 is 1.30 bits per heavy atom. The summed E-state index contributed by atoms with van der Waals surface area (Å²) in [5, 5.41) is 0.111. The van der Waals surface area contributed by atoms with Crippen LogP contribution in [-0.2, 0) is 24.3 Å². The monoisotopic (exact) mass is 333 g/mol. The van der Waals surface area contributed by atoms with Crippen LogP contribution in [-0.4, -0.2) is 34.6 Å². The molecule has 120 valence electrons. The number of hydrogen-bond donors (Lipinski definition) is 0. The number of carbonyl (C=O) groups is 1. The quantitative estimate of drug-likeness (QED) is 0.808. The number of carbonyl (C=O) groups excluding carboxylic acids is 1. The number of fused-ring (bicyclic) bond motifs is 1. The molecule has 0 saturated heterocycles. The first kappa shape index (κ1) is 15.6. The molecule has 2 heterocycles. The second kappa shape index (κ2) is 6.83. The zero-order chi connectivity index (χ0) is 16.2. The fraction of sp³-hybridized carbons (Fsp3) is 0.312. The Kier molecular flexibility index (Phi) is 4.62. The van der Waals surface area contributed by atoms with Crippen molar-refractivity contribution >= 4 is 17.7 Å². The van der Waals surface area contributed by atoms with Crippen LogP contribution in [0.3, 0.4) is 0 Å². The molecule has 1 aliphatic heterocycles. The van der Waals surface area contributed by atoms with E-state index in [-0.39, 0.29) is 18.0 Å². The third-order valence-electron chi connectivity index (χ3n) is 3.66. The molecule has 6 nitrogen and oxygen atoms in total. The normalized spacial score (nSPS) is 13.4. The molecule has 3 rings (SSSR count). The van der Waals surface area contributed by atoms with E-state index < -0.39 is 0 Å². The lowest BCUT2D eigenvalue weighted by Gasteiger charge is -2.27. The molecule has 2 aromatic rings. The Balaban J connectivity index is 1.67. The van der Waals surface area contributed by atoms with E-state index in [2.05, 4.69) is 9.97 Å². The standard InChI is InChI=1S/C16H16ClN3O3/c1-22-14-12-7-8-20(9-13(12)18-15(17)19-14)16(21)23-10-11-5-3-2-4-6-11/h2-6H,7-10H2,1H3. The summed E-state index contributed by atoms with van der Waals surface area (Å²) in [4.78, 5) is 22.1. The maximum Gasteiger partial charge on any atom is 0.410 e. The minimum atomic E-state index is -0.367. The molecule has 0 unspecified atom stereocenters. The van der Waals surface area contributed by atoms with Gasteiger partial charge >= 0.3 is 6.09 Å². The number of methoxy groups -OCH3 is 1. The van der Waals surface area contributed by atoms with Gasteiger partial charge in [-0.3, -0.25) is 0 Å². The maximum absolute atomic E-state index is 12.2. The van der Waals surface area contributed by atoms with E-state index in [4.69, 9.17) is 21.1 Å². The van der Waals surface area contributed by atoms with Gasteiger partial charge in [0, 0.05) is 12.1 Å². The highest BCUT2D eigenvalue weighted by atomic mass is 35.5. The fourth-order valence-electron chi connectivity index (χ4n) is 2.50. The smallest absolute Gasteiger partial charge is 0.410 e. The summed E-state index contributed by atoms with van der Waals surface area (Å²) in [5.74, 6) is 0.470. The Labute approximate surface area is 139 Å². The highest BCUT2D eigenvalue weighted by Crippen LogP contribution is 2.26. The number of aromatic nitrogens is 2. The molecule has 0 saturated carbocycles. The van der Waals surface area contributed by atoms with Crippen molar-refractivity contribution in [2.45, 2.75) is 19.6 Å². The minimum absolute atomic E-state index is 0.111. The van der Waals surface area contributed by atoms with E-state index in [0.717, 1.165) is 11.1 Å². The molecule has 7 heteroatoms. The third-order valence-corrected chi connectivity index (χ3v) is 3.83. The van der Waals surface area contributed by atoms with Crippen molar-refractivity contribution in [3.05, 3.63) is 52.4 Å². The highest BCUT2D eigenvalue weighted by molar-refractivity contribution is 6.28. The van der Waals surface area contributed by atoms with Crippen molar-refractivity contribution in [3.8, 4) is 5.88 Å². The van der Waals surface area contributed by atoms with E-state index in [1.807, 2.05) is 30.3 Å². The van der Waals surface area contributed by atoms with Crippen LogP contribution in [0.15, 0.2) is 30.3 Å². The second-order valence-electron chi connectivity index (χ2n) is 5.14. The molecule has 1 aliphatic rings. The molecule has 23 heavy (non-hydrogen) atoms. The molecule has 0 radical (unpaired) electrons. The van der Waals surface area contributed by atoms with Crippen molar-refractivity contribution in [1.29, 1.82) is 0 Å². The second-order valence-corrected chi connectivity index (χ2v) is 5.48. The number of hydrogen-bond acceptors (Lipinski definition) is 5. The zero-order valence-electron chi connectivity index (χ0n) is 12.7. The first-order valence-corrected chi connectivity index (χ1v) is 7.60. The van der Waals surface area contributed by atoms with Gasteiger partial charge in [-0.2, -0.15) is 4.98 Å². The average molecular weight is 334 g/mol. The van der Waals surface area contributed by atoms with Gasteiger partial charge < -0.3 is 14.4 Å². The fourth-order valence-corrected chi connectivity index (χ4v) is 2.68. The molecule has 1 aromatic carbocycles. The summed E-state index contributed by atoms with van der Waals surface area (Å²) in [6, 6.07) is 9.56. The summed E-state index contributed by atoms with van der Waals surface area (Å²) in [6.45, 7) is 1.11. The number of ether oxygens (including phenoxy) is 2. The molecule has 1 aromatic heterocycles. The maximum atomic E-state index is 12.2. The predicted molar refractivity (Wildman–Crippen MR) is 84.3 cm³/mol. The zero-order valence-corrected chi connectivity index (χ0v) is 13.4. The topological polar surface area (TPSA) is 64.6 Å². The largest absolute Gasteiger partial charge is 0.481 e. The molecule has 0 aliphatic carbocycles. The summed E-state index contributed by atoms with van der Waals surface area (Å²) < 4.78 is 10.6. The molecular weight excluding hydrogens is 318 g/mol. The van der Waals surface area contributed by atoms with Crippen molar-refractivity contribution in [1.82, 2.24) is 14.9 Å². The lowest BCUT2D eigenvalue weighted by atomic mass is 10.1. The lowest BCUT2D eigenvalue weighted by Crippen LogP contribution is -2.37. The molecule has 0 fully saturated rings. The van der Waals surface area contributed by atoms with Crippen LogP contribution in [0.2, 0.25) is 5.28 Å². The summed E-state index contributed by atoms with van der Waals surface area (Å²) in [6.07, 6.45) is 0.240. The van der Waals surface area contributed by atoms with Crippen molar-refractivity contribution in [2.24, 2.45) is 0 Å². The van der Waals surface area contributed by atoms with E-state index in [1.165, 1.54) is 0 Å².